The molecule has 0 saturated heterocycles. The van der Waals surface area contributed by atoms with Crippen molar-refractivity contribution in [1.29, 1.82) is 0 Å². The van der Waals surface area contributed by atoms with Crippen molar-refractivity contribution >= 4 is 5.91 Å². The van der Waals surface area contributed by atoms with Gasteiger partial charge in [-0.2, -0.15) is 0 Å². The Morgan fingerprint density at radius 3 is 3.00 bits per heavy atom. The Balaban J connectivity index is 5.37. The maximum atomic E-state index is 11.0. The van der Waals surface area contributed by atoms with Crippen molar-refractivity contribution < 1.29 is 14.4 Å². The first-order chi connectivity index (χ1) is 7.26. The van der Waals surface area contributed by atoms with E-state index in [1.165, 1.54) is 0 Å². The highest BCUT2D eigenvalue weighted by Crippen LogP contribution is 2.02. The van der Waals surface area contributed by atoms with E-state index < -0.39 is 31.1 Å². The van der Waals surface area contributed by atoms with Gasteiger partial charge in [-0.1, -0.05) is 13.8 Å². The van der Waals surface area contributed by atoms with Gasteiger partial charge in [0.15, 0.2) is 1.41 Å². The third-order valence-corrected chi connectivity index (χ3v) is 0.751. The van der Waals surface area contributed by atoms with Crippen molar-refractivity contribution in [2.75, 3.05) is 0 Å². The van der Waals surface area contributed by atoms with Gasteiger partial charge in [-0.3, -0.25) is 4.79 Å². The average Bonchev–Trinajstić information content (AvgIpc) is 2.13. The van der Waals surface area contributed by atoms with Crippen molar-refractivity contribution in [3.05, 3.63) is 0 Å². The first-order valence-electron chi connectivity index (χ1n) is 6.50. The second-order valence-corrected chi connectivity index (χ2v) is 2.08. The van der Waals surface area contributed by atoms with Crippen LogP contribution >= 0.6 is 0 Å². The Bertz CT molecular complexity index is 299. The summed E-state index contributed by atoms with van der Waals surface area (Å²) in [6.07, 6.45) is -2.54. The molecule has 60 valence electrons. The van der Waals surface area contributed by atoms with Crippen LogP contribution in [0.4, 0.5) is 0 Å². The lowest BCUT2D eigenvalue weighted by Gasteiger charge is -2.13. The predicted molar refractivity (Wildman–Crippen MR) is 42.7 cm³/mol. The van der Waals surface area contributed by atoms with Gasteiger partial charge in [0.1, 0.15) is 0 Å². The van der Waals surface area contributed by atoms with Crippen LogP contribution < -0.4 is 5.31 Å². The molecule has 0 bridgehead atoms. The zero-order valence-electron chi connectivity index (χ0n) is 13.4. The fraction of sp³-hybridized carbons (Fsp3) is 0.875. The van der Waals surface area contributed by atoms with Crippen LogP contribution in [0, 0.1) is 5.92 Å². The van der Waals surface area contributed by atoms with E-state index in [1.807, 2.05) is 0 Å². The molecule has 0 aliphatic heterocycles. The molecule has 0 spiro atoms. The van der Waals surface area contributed by atoms with Crippen LogP contribution in [-0.4, -0.2) is 11.9 Å². The van der Waals surface area contributed by atoms with Crippen molar-refractivity contribution in [2.45, 2.75) is 40.0 Å². The highest BCUT2D eigenvalue weighted by molar-refractivity contribution is 5.73. The molecule has 0 fully saturated rings. The summed E-state index contributed by atoms with van der Waals surface area (Å²) in [7, 11) is 0. The third-order valence-electron chi connectivity index (χ3n) is 0.751. The Labute approximate surface area is 72.9 Å². The molecule has 0 rings (SSSR count). The molecule has 0 aliphatic rings. The molecule has 0 radical (unpaired) electrons. The van der Waals surface area contributed by atoms with Crippen LogP contribution in [0.15, 0.2) is 0 Å². The van der Waals surface area contributed by atoms with Crippen molar-refractivity contribution in [3.8, 4) is 0 Å². The van der Waals surface area contributed by atoms with Crippen molar-refractivity contribution in [3.63, 3.8) is 0 Å². The Hall–Kier alpha value is -0.530. The number of carbonyl (C=O) groups excluding carboxylic acids is 1. The van der Waals surface area contributed by atoms with Gasteiger partial charge in [0.2, 0.25) is 5.91 Å². The molecular formula is C8H17NO. The second-order valence-electron chi connectivity index (χ2n) is 2.08. The monoisotopic (exact) mass is 150 g/mol. The van der Waals surface area contributed by atoms with E-state index in [4.69, 9.17) is 9.64 Å². The minimum Gasteiger partial charge on any atom is -0.354 e. The van der Waals surface area contributed by atoms with E-state index in [0.29, 0.717) is 0 Å². The van der Waals surface area contributed by atoms with Crippen LogP contribution in [0.1, 0.15) is 42.2 Å². The first-order valence-corrected chi connectivity index (χ1v) is 3.06. The zero-order valence-corrected chi connectivity index (χ0v) is 6.43. The van der Waals surface area contributed by atoms with E-state index >= 15 is 0 Å². The van der Waals surface area contributed by atoms with Crippen LogP contribution in [0.25, 0.3) is 0 Å². The maximum absolute atomic E-state index is 11.0. The molecule has 1 N–H and O–H groups in total. The standard InChI is InChI=1S/C8H17NO/c1-6(2)5-7(3)9-8(4)10/h6-7H,5H2,1-4H3,(H,9,10)/t7-/m0/s1/i1D3,5D2,7D/hD/t6?,7-. The lowest BCUT2D eigenvalue weighted by Crippen LogP contribution is -2.31. The topological polar surface area (TPSA) is 29.1 Å². The van der Waals surface area contributed by atoms with E-state index in [9.17, 15) is 4.79 Å². The molecule has 0 aromatic carbocycles. The lowest BCUT2D eigenvalue weighted by atomic mass is 10.1. The van der Waals surface area contributed by atoms with Crippen LogP contribution in [0.5, 0.6) is 0 Å². The zero-order chi connectivity index (χ0) is 14.2. The fourth-order valence-electron chi connectivity index (χ4n) is 0.582. The summed E-state index contributed by atoms with van der Waals surface area (Å²) in [6.45, 7) is 0.594. The summed E-state index contributed by atoms with van der Waals surface area (Å²) in [5.41, 5.74) is 0. The molecule has 2 atom stereocenters. The smallest absolute Gasteiger partial charge is 0.217 e. The molecule has 10 heavy (non-hydrogen) atoms. The van der Waals surface area contributed by atoms with Gasteiger partial charge in [-0.15, -0.1) is 0 Å². The summed E-state index contributed by atoms with van der Waals surface area (Å²) in [5, 5.41) is 0.162. The lowest BCUT2D eigenvalue weighted by molar-refractivity contribution is -0.119. The highest BCUT2D eigenvalue weighted by Gasteiger charge is 2.04. The third kappa shape index (κ3) is 5.60. The minimum absolute atomic E-state index is 0.162. The van der Waals surface area contributed by atoms with Crippen molar-refractivity contribution in [1.82, 2.24) is 5.31 Å². The quantitative estimate of drug-likeness (QED) is 0.650. The number of hydrogen-bond acceptors (Lipinski definition) is 1. The molecule has 1 amide bonds. The molecular weight excluding hydrogens is 126 g/mol. The fourth-order valence-corrected chi connectivity index (χ4v) is 0.582. The SMILES string of the molecule is [2H]N(C(C)=O)[C@@]([2H])(C)C([2H])([2H])C(C)C([2H])([2H])[2H]. The molecule has 2 heteroatoms. The minimum atomic E-state index is -2.59. The molecule has 0 saturated carbocycles. The summed E-state index contributed by atoms with van der Waals surface area (Å²) < 4.78 is 52.1. The maximum Gasteiger partial charge on any atom is 0.217 e. The van der Waals surface area contributed by atoms with Gasteiger partial charge in [0, 0.05) is 19.8 Å². The van der Waals surface area contributed by atoms with Crippen LogP contribution in [0.2, 0.25) is 1.41 Å². The molecule has 1 unspecified atom stereocenters. The molecule has 0 aromatic rings. The predicted octanol–water partition coefficient (Wildman–Crippen LogP) is 1.56. The van der Waals surface area contributed by atoms with Gasteiger partial charge in [0.25, 0.3) is 0 Å². The van der Waals surface area contributed by atoms with Gasteiger partial charge in [-0.05, 0) is 19.2 Å². The van der Waals surface area contributed by atoms with E-state index in [1.54, 1.807) is 0 Å². The summed E-state index contributed by atoms with van der Waals surface area (Å²) in [6, 6.07) is -2.27. The Kier molecular flexibility index (Phi) is 1.22. The number of rotatable bonds is 3. The molecule has 2 nitrogen and oxygen atoms in total. The van der Waals surface area contributed by atoms with Gasteiger partial charge in [0.05, 0.1) is 1.37 Å². The Morgan fingerprint density at radius 1 is 2.00 bits per heavy atom. The van der Waals surface area contributed by atoms with Crippen LogP contribution in [-0.2, 0) is 4.79 Å². The number of hydrogen-bond donors (Lipinski definition) is 1. The number of nitrogens with one attached hydrogen (secondary N) is 1. The van der Waals surface area contributed by atoms with E-state index in [-0.39, 0.29) is 5.31 Å². The normalized spacial score (nSPS) is 32.1. The summed E-state index contributed by atoms with van der Waals surface area (Å²) >= 11 is 0. The van der Waals surface area contributed by atoms with Gasteiger partial charge in [-0.25, -0.2) is 0 Å². The molecule has 0 heterocycles. The second kappa shape index (κ2) is 4.31. The first kappa shape index (κ1) is 2.84. The van der Waals surface area contributed by atoms with Gasteiger partial charge < -0.3 is 5.31 Å². The van der Waals surface area contributed by atoms with Gasteiger partial charge >= 0.3 is 0 Å². The van der Waals surface area contributed by atoms with Crippen LogP contribution in [0.3, 0.4) is 0 Å². The molecule has 0 aliphatic carbocycles. The van der Waals surface area contributed by atoms with E-state index in [0.717, 1.165) is 20.8 Å². The number of carbonyl (C=O) groups is 1. The average molecular weight is 150 g/mol. The molecule has 0 aromatic heterocycles. The largest absolute Gasteiger partial charge is 0.354 e. The summed E-state index contributed by atoms with van der Waals surface area (Å²) in [4.78, 5) is 11.0. The Morgan fingerprint density at radius 2 is 2.60 bits per heavy atom. The number of amides is 1. The van der Waals surface area contributed by atoms with E-state index in [2.05, 4.69) is 0 Å². The van der Waals surface area contributed by atoms with Crippen molar-refractivity contribution in [2.24, 2.45) is 5.92 Å². The highest BCUT2D eigenvalue weighted by atomic mass is 16.1. The summed E-state index contributed by atoms with van der Waals surface area (Å²) in [5.74, 6) is -2.28.